The molecule has 1 spiro atoms. The van der Waals surface area contributed by atoms with Gasteiger partial charge in [0.25, 0.3) is 0 Å². The molecule has 1 saturated heterocycles. The number of hydrogen-bond donors (Lipinski definition) is 2. The van der Waals surface area contributed by atoms with E-state index < -0.39 is 0 Å². The molecule has 1 aliphatic carbocycles. The summed E-state index contributed by atoms with van der Waals surface area (Å²) >= 11 is 0. The highest BCUT2D eigenvalue weighted by Crippen LogP contribution is 2.41. The molecule has 3 nitrogen and oxygen atoms in total. The Morgan fingerprint density at radius 1 is 1.38 bits per heavy atom. The minimum Gasteiger partial charge on any atom is -0.392 e. The lowest BCUT2D eigenvalue weighted by Crippen LogP contribution is -2.46. The summed E-state index contributed by atoms with van der Waals surface area (Å²) in [5.74, 6) is 0.430. The van der Waals surface area contributed by atoms with Crippen LogP contribution in [0.2, 0.25) is 0 Å². The Morgan fingerprint density at radius 2 is 2.12 bits per heavy atom. The lowest BCUT2D eigenvalue weighted by atomic mass is 9.74. The number of ether oxygens (including phenoxy) is 1. The maximum atomic E-state index is 10.1. The Morgan fingerprint density at radius 3 is 2.81 bits per heavy atom. The maximum absolute atomic E-state index is 10.1. The van der Waals surface area contributed by atoms with E-state index in [4.69, 9.17) is 4.74 Å². The largest absolute Gasteiger partial charge is 0.392 e. The quantitative estimate of drug-likeness (QED) is 0.771. The van der Waals surface area contributed by atoms with Crippen LogP contribution in [0.25, 0.3) is 0 Å². The molecule has 1 aliphatic heterocycles. The van der Waals surface area contributed by atoms with Gasteiger partial charge in [0.05, 0.1) is 11.7 Å². The summed E-state index contributed by atoms with van der Waals surface area (Å²) in [6.07, 6.45) is 8.25. The number of hydrogen-bond acceptors (Lipinski definition) is 3. The highest BCUT2D eigenvalue weighted by molar-refractivity contribution is 4.91. The molecule has 2 atom stereocenters. The zero-order chi connectivity index (χ0) is 11.4. The van der Waals surface area contributed by atoms with Crippen LogP contribution in [-0.4, -0.2) is 37.0 Å². The molecule has 0 aromatic carbocycles. The fourth-order valence-corrected chi connectivity index (χ4v) is 3.31. The first-order valence-electron chi connectivity index (χ1n) is 6.72. The fraction of sp³-hybridized carbons (Fsp3) is 1.00. The van der Waals surface area contributed by atoms with Crippen molar-refractivity contribution in [3.8, 4) is 0 Å². The first-order valence-corrected chi connectivity index (χ1v) is 6.72. The summed E-state index contributed by atoms with van der Waals surface area (Å²) in [7, 11) is 1.90. The molecule has 0 aromatic heterocycles. The monoisotopic (exact) mass is 227 g/mol. The van der Waals surface area contributed by atoms with Gasteiger partial charge in [-0.1, -0.05) is 19.3 Å². The molecule has 2 fully saturated rings. The molecule has 94 valence electrons. The number of aliphatic hydroxyl groups excluding tert-OH is 1. The second kappa shape index (κ2) is 5.48. The summed E-state index contributed by atoms with van der Waals surface area (Å²) in [5.41, 5.74) is 0.121. The average molecular weight is 227 g/mol. The van der Waals surface area contributed by atoms with Crippen molar-refractivity contribution in [3.63, 3.8) is 0 Å². The Balaban J connectivity index is 1.92. The van der Waals surface area contributed by atoms with Gasteiger partial charge in [-0.3, -0.25) is 0 Å². The van der Waals surface area contributed by atoms with E-state index in [9.17, 15) is 5.11 Å². The van der Waals surface area contributed by atoms with Crippen molar-refractivity contribution in [2.75, 3.05) is 20.2 Å². The van der Waals surface area contributed by atoms with Gasteiger partial charge in [-0.25, -0.2) is 0 Å². The molecule has 16 heavy (non-hydrogen) atoms. The average Bonchev–Trinajstić information content (AvgIpc) is 2.30. The number of likely N-dealkylation sites (N-methyl/N-ethyl adjacent to an activating group) is 1. The first-order chi connectivity index (χ1) is 7.76. The van der Waals surface area contributed by atoms with E-state index in [0.717, 1.165) is 19.4 Å². The molecule has 0 bridgehead atoms. The zero-order valence-corrected chi connectivity index (χ0v) is 10.4. The topological polar surface area (TPSA) is 41.5 Å². The van der Waals surface area contributed by atoms with Crippen LogP contribution >= 0.6 is 0 Å². The molecule has 2 rings (SSSR count). The molecule has 1 saturated carbocycles. The van der Waals surface area contributed by atoms with Gasteiger partial charge in [0, 0.05) is 13.2 Å². The molecular formula is C13H25NO2. The Hall–Kier alpha value is -0.120. The number of aliphatic hydroxyl groups is 1. The zero-order valence-electron chi connectivity index (χ0n) is 10.4. The smallest absolute Gasteiger partial charge is 0.0694 e. The van der Waals surface area contributed by atoms with Crippen molar-refractivity contribution in [3.05, 3.63) is 0 Å². The van der Waals surface area contributed by atoms with E-state index in [1.54, 1.807) is 0 Å². The minimum absolute atomic E-state index is 0.121. The van der Waals surface area contributed by atoms with Gasteiger partial charge < -0.3 is 15.2 Å². The minimum atomic E-state index is -0.201. The van der Waals surface area contributed by atoms with Gasteiger partial charge in [0.2, 0.25) is 0 Å². The normalized spacial score (nSPS) is 31.5. The standard InChI is InChI=1S/C13H25NO2/c1-14-10-12(15)11-5-8-16-13(9-11)6-3-2-4-7-13/h11-12,14-15H,2-10H2,1H3. The second-order valence-corrected chi connectivity index (χ2v) is 5.47. The van der Waals surface area contributed by atoms with E-state index in [1.165, 1.54) is 32.1 Å². The molecule has 2 aliphatic rings. The van der Waals surface area contributed by atoms with Crippen molar-refractivity contribution in [1.82, 2.24) is 5.32 Å². The summed E-state index contributed by atoms with van der Waals surface area (Å²) in [6.45, 7) is 1.55. The third-order valence-corrected chi connectivity index (χ3v) is 4.25. The van der Waals surface area contributed by atoms with Crippen molar-refractivity contribution >= 4 is 0 Å². The van der Waals surface area contributed by atoms with Gasteiger partial charge in [0.1, 0.15) is 0 Å². The molecule has 0 aromatic rings. The number of nitrogens with one attached hydrogen (secondary N) is 1. The van der Waals surface area contributed by atoms with Crippen LogP contribution < -0.4 is 5.32 Å². The summed E-state index contributed by atoms with van der Waals surface area (Å²) in [5, 5.41) is 13.1. The van der Waals surface area contributed by atoms with E-state index in [2.05, 4.69) is 5.32 Å². The van der Waals surface area contributed by atoms with E-state index in [1.807, 2.05) is 7.05 Å². The SMILES string of the molecule is CNCC(O)C1CCOC2(CCCCC2)C1. The Bertz CT molecular complexity index is 208. The van der Waals surface area contributed by atoms with Crippen LogP contribution in [0.15, 0.2) is 0 Å². The van der Waals surface area contributed by atoms with Gasteiger partial charge >= 0.3 is 0 Å². The summed E-state index contributed by atoms with van der Waals surface area (Å²) < 4.78 is 6.03. The summed E-state index contributed by atoms with van der Waals surface area (Å²) in [6, 6.07) is 0. The van der Waals surface area contributed by atoms with E-state index in [-0.39, 0.29) is 11.7 Å². The van der Waals surface area contributed by atoms with Gasteiger partial charge in [-0.15, -0.1) is 0 Å². The molecule has 2 unspecified atom stereocenters. The molecule has 1 heterocycles. The van der Waals surface area contributed by atoms with E-state index >= 15 is 0 Å². The van der Waals surface area contributed by atoms with Crippen molar-refractivity contribution < 1.29 is 9.84 Å². The predicted octanol–water partition coefficient (Wildman–Crippen LogP) is 1.70. The van der Waals surface area contributed by atoms with Crippen molar-refractivity contribution in [1.29, 1.82) is 0 Å². The Labute approximate surface area is 98.6 Å². The molecule has 0 radical (unpaired) electrons. The third-order valence-electron chi connectivity index (χ3n) is 4.25. The predicted molar refractivity (Wildman–Crippen MR) is 64.4 cm³/mol. The van der Waals surface area contributed by atoms with Gasteiger partial charge in [0.15, 0.2) is 0 Å². The molecule has 3 heteroatoms. The van der Waals surface area contributed by atoms with Crippen LogP contribution in [0, 0.1) is 5.92 Å². The Kier molecular flexibility index (Phi) is 4.22. The molecular weight excluding hydrogens is 202 g/mol. The lowest BCUT2D eigenvalue weighted by Gasteiger charge is -2.44. The van der Waals surface area contributed by atoms with Crippen LogP contribution in [0.1, 0.15) is 44.9 Å². The third kappa shape index (κ3) is 2.76. The van der Waals surface area contributed by atoms with Gasteiger partial charge in [-0.05, 0) is 38.6 Å². The molecule has 2 N–H and O–H groups in total. The van der Waals surface area contributed by atoms with Crippen LogP contribution in [-0.2, 0) is 4.74 Å². The lowest BCUT2D eigenvalue weighted by molar-refractivity contribution is -0.132. The van der Waals surface area contributed by atoms with Crippen LogP contribution in [0.4, 0.5) is 0 Å². The van der Waals surface area contributed by atoms with Crippen LogP contribution in [0.3, 0.4) is 0 Å². The van der Waals surface area contributed by atoms with Gasteiger partial charge in [-0.2, -0.15) is 0 Å². The fourth-order valence-electron chi connectivity index (χ4n) is 3.31. The van der Waals surface area contributed by atoms with E-state index in [0.29, 0.717) is 12.5 Å². The van der Waals surface area contributed by atoms with Crippen molar-refractivity contribution in [2.45, 2.75) is 56.7 Å². The molecule has 0 amide bonds. The number of rotatable bonds is 3. The van der Waals surface area contributed by atoms with Crippen LogP contribution in [0.5, 0.6) is 0 Å². The first kappa shape index (κ1) is 12.3. The highest BCUT2D eigenvalue weighted by atomic mass is 16.5. The maximum Gasteiger partial charge on any atom is 0.0694 e. The summed E-state index contributed by atoms with van der Waals surface area (Å²) in [4.78, 5) is 0. The van der Waals surface area contributed by atoms with Crippen molar-refractivity contribution in [2.24, 2.45) is 5.92 Å². The highest BCUT2D eigenvalue weighted by Gasteiger charge is 2.40. The second-order valence-electron chi connectivity index (χ2n) is 5.47.